The van der Waals surface area contributed by atoms with Gasteiger partial charge in [0.2, 0.25) is 0 Å². The van der Waals surface area contributed by atoms with Crippen LogP contribution in [-0.2, 0) is 0 Å². The summed E-state index contributed by atoms with van der Waals surface area (Å²) in [6.07, 6.45) is 0. The number of anilines is 1. The van der Waals surface area contributed by atoms with Gasteiger partial charge in [0.25, 0.3) is 5.91 Å². The van der Waals surface area contributed by atoms with Gasteiger partial charge >= 0.3 is 0 Å². The van der Waals surface area contributed by atoms with Crippen LogP contribution in [0.4, 0.5) is 10.1 Å². The third kappa shape index (κ3) is 2.68. The first-order chi connectivity index (χ1) is 8.90. The number of amides is 1. The molecule has 0 aliphatic heterocycles. The maximum absolute atomic E-state index is 13.5. The molecule has 0 aliphatic carbocycles. The Morgan fingerprint density at radius 2 is 2.05 bits per heavy atom. The SMILES string of the molecule is Cc1cc(Br)c(F)cc1NC(=O)c1c(C)n[nH]c1C. The van der Waals surface area contributed by atoms with Crippen molar-refractivity contribution in [2.24, 2.45) is 0 Å². The molecular formula is C13H13BrFN3O. The van der Waals surface area contributed by atoms with Gasteiger partial charge in [0.15, 0.2) is 0 Å². The largest absolute Gasteiger partial charge is 0.322 e. The van der Waals surface area contributed by atoms with Gasteiger partial charge < -0.3 is 5.32 Å². The van der Waals surface area contributed by atoms with E-state index in [1.807, 2.05) is 0 Å². The number of nitrogens with zero attached hydrogens (tertiary/aromatic N) is 1. The van der Waals surface area contributed by atoms with Crippen molar-refractivity contribution < 1.29 is 9.18 Å². The fourth-order valence-electron chi connectivity index (χ4n) is 1.85. The second-order valence-electron chi connectivity index (χ2n) is 4.34. The molecule has 0 saturated carbocycles. The second-order valence-corrected chi connectivity index (χ2v) is 5.20. The molecule has 19 heavy (non-hydrogen) atoms. The molecule has 0 saturated heterocycles. The number of benzene rings is 1. The van der Waals surface area contributed by atoms with E-state index < -0.39 is 5.82 Å². The fraction of sp³-hybridized carbons (Fsp3) is 0.231. The first kappa shape index (κ1) is 13.7. The number of H-pyrrole nitrogens is 1. The molecule has 0 unspecified atom stereocenters. The molecule has 0 fully saturated rings. The monoisotopic (exact) mass is 325 g/mol. The van der Waals surface area contributed by atoms with Crippen LogP contribution >= 0.6 is 15.9 Å². The van der Waals surface area contributed by atoms with Crippen molar-refractivity contribution in [2.45, 2.75) is 20.8 Å². The molecule has 1 aromatic heterocycles. The van der Waals surface area contributed by atoms with Crippen LogP contribution in [0.2, 0.25) is 0 Å². The van der Waals surface area contributed by atoms with Crippen LogP contribution in [-0.4, -0.2) is 16.1 Å². The fourth-order valence-corrected chi connectivity index (χ4v) is 2.31. The summed E-state index contributed by atoms with van der Waals surface area (Å²) >= 11 is 3.11. The second kappa shape index (κ2) is 5.13. The van der Waals surface area contributed by atoms with Gasteiger partial charge in [-0.15, -0.1) is 0 Å². The van der Waals surface area contributed by atoms with Gasteiger partial charge in [-0.3, -0.25) is 9.89 Å². The zero-order chi connectivity index (χ0) is 14.2. The van der Waals surface area contributed by atoms with Crippen LogP contribution in [0.5, 0.6) is 0 Å². The molecule has 1 amide bonds. The summed E-state index contributed by atoms with van der Waals surface area (Å²) in [7, 11) is 0. The lowest BCUT2D eigenvalue weighted by Gasteiger charge is -2.09. The third-order valence-electron chi connectivity index (χ3n) is 2.87. The summed E-state index contributed by atoms with van der Waals surface area (Å²) in [5.41, 5.74) is 3.02. The van der Waals surface area contributed by atoms with Gasteiger partial charge in [0, 0.05) is 11.4 Å². The summed E-state index contributed by atoms with van der Waals surface area (Å²) in [5.74, 6) is -0.713. The summed E-state index contributed by atoms with van der Waals surface area (Å²) in [6.45, 7) is 5.31. The van der Waals surface area contributed by atoms with Crippen molar-refractivity contribution in [1.82, 2.24) is 10.2 Å². The van der Waals surface area contributed by atoms with Gasteiger partial charge in [0.1, 0.15) is 5.82 Å². The van der Waals surface area contributed by atoms with Crippen molar-refractivity contribution in [2.75, 3.05) is 5.32 Å². The van der Waals surface area contributed by atoms with Gasteiger partial charge in [-0.1, -0.05) is 0 Å². The van der Waals surface area contributed by atoms with Crippen molar-refractivity contribution in [3.05, 3.63) is 44.9 Å². The molecule has 2 rings (SSSR count). The molecule has 2 N–H and O–H groups in total. The Labute approximate surface area is 118 Å². The third-order valence-corrected chi connectivity index (χ3v) is 3.48. The van der Waals surface area contributed by atoms with E-state index in [0.717, 1.165) is 5.56 Å². The van der Waals surface area contributed by atoms with Crippen LogP contribution in [0, 0.1) is 26.6 Å². The Balaban J connectivity index is 2.32. The molecule has 2 aromatic rings. The standard InChI is InChI=1S/C13H13BrFN3O/c1-6-4-9(14)10(15)5-11(6)16-13(19)12-7(2)17-18-8(12)3/h4-5H,1-3H3,(H,16,19)(H,17,18). The number of carbonyl (C=O) groups is 1. The molecule has 0 spiro atoms. The first-order valence-electron chi connectivity index (χ1n) is 5.68. The van der Waals surface area contributed by atoms with E-state index in [4.69, 9.17) is 0 Å². The number of nitrogens with one attached hydrogen (secondary N) is 2. The Hall–Kier alpha value is -1.69. The number of hydrogen-bond donors (Lipinski definition) is 2. The minimum atomic E-state index is -0.415. The zero-order valence-electron chi connectivity index (χ0n) is 10.8. The van der Waals surface area contributed by atoms with E-state index in [1.54, 1.807) is 26.8 Å². The predicted octanol–water partition coefficient (Wildman–Crippen LogP) is 3.49. The predicted molar refractivity (Wildman–Crippen MR) is 74.9 cm³/mol. The molecule has 0 atom stereocenters. The molecular weight excluding hydrogens is 313 g/mol. The maximum atomic E-state index is 13.5. The normalized spacial score (nSPS) is 10.6. The number of halogens is 2. The van der Waals surface area contributed by atoms with Gasteiger partial charge in [-0.2, -0.15) is 5.10 Å². The molecule has 100 valence electrons. The van der Waals surface area contributed by atoms with Crippen LogP contribution in [0.3, 0.4) is 0 Å². The van der Waals surface area contributed by atoms with E-state index in [9.17, 15) is 9.18 Å². The van der Waals surface area contributed by atoms with Crippen LogP contribution in [0.1, 0.15) is 27.3 Å². The Morgan fingerprint density at radius 3 is 2.63 bits per heavy atom. The minimum Gasteiger partial charge on any atom is -0.322 e. The van der Waals surface area contributed by atoms with Crippen molar-refractivity contribution in [3.8, 4) is 0 Å². The molecule has 0 radical (unpaired) electrons. The summed E-state index contributed by atoms with van der Waals surface area (Å²) < 4.78 is 13.9. The maximum Gasteiger partial charge on any atom is 0.259 e. The molecule has 1 aromatic carbocycles. The highest BCUT2D eigenvalue weighted by atomic mass is 79.9. The summed E-state index contributed by atoms with van der Waals surface area (Å²) in [4.78, 5) is 12.2. The number of hydrogen-bond acceptors (Lipinski definition) is 2. The van der Waals surface area contributed by atoms with E-state index in [0.29, 0.717) is 27.1 Å². The number of rotatable bonds is 2. The number of aromatic nitrogens is 2. The highest BCUT2D eigenvalue weighted by molar-refractivity contribution is 9.10. The lowest BCUT2D eigenvalue weighted by Crippen LogP contribution is -2.14. The molecule has 0 aliphatic rings. The minimum absolute atomic E-state index is 0.298. The van der Waals surface area contributed by atoms with Crippen LogP contribution < -0.4 is 5.32 Å². The highest BCUT2D eigenvalue weighted by Gasteiger charge is 2.16. The van der Waals surface area contributed by atoms with E-state index in [-0.39, 0.29) is 5.91 Å². The lowest BCUT2D eigenvalue weighted by atomic mass is 10.1. The highest BCUT2D eigenvalue weighted by Crippen LogP contribution is 2.24. The van der Waals surface area contributed by atoms with Crippen LogP contribution in [0.15, 0.2) is 16.6 Å². The quantitative estimate of drug-likeness (QED) is 0.887. The zero-order valence-corrected chi connectivity index (χ0v) is 12.4. The molecule has 4 nitrogen and oxygen atoms in total. The van der Waals surface area contributed by atoms with E-state index in [2.05, 4.69) is 31.4 Å². The van der Waals surface area contributed by atoms with Crippen molar-refractivity contribution >= 4 is 27.5 Å². The lowest BCUT2D eigenvalue weighted by molar-refractivity contribution is 0.102. The van der Waals surface area contributed by atoms with Crippen molar-refractivity contribution in [1.29, 1.82) is 0 Å². The average Bonchev–Trinajstić information content (AvgIpc) is 2.66. The van der Waals surface area contributed by atoms with Gasteiger partial charge in [-0.25, -0.2) is 4.39 Å². The van der Waals surface area contributed by atoms with Crippen molar-refractivity contribution in [3.63, 3.8) is 0 Å². The average molecular weight is 326 g/mol. The summed E-state index contributed by atoms with van der Waals surface area (Å²) in [6, 6.07) is 2.92. The molecule has 0 bridgehead atoms. The number of aryl methyl sites for hydroxylation is 3. The topological polar surface area (TPSA) is 57.8 Å². The number of carbonyl (C=O) groups excluding carboxylic acids is 1. The molecule has 1 heterocycles. The van der Waals surface area contributed by atoms with Crippen LogP contribution in [0.25, 0.3) is 0 Å². The van der Waals surface area contributed by atoms with Gasteiger partial charge in [-0.05, 0) is 54.4 Å². The smallest absolute Gasteiger partial charge is 0.259 e. The Morgan fingerprint density at radius 1 is 1.37 bits per heavy atom. The first-order valence-corrected chi connectivity index (χ1v) is 6.48. The molecule has 6 heteroatoms. The Kier molecular flexibility index (Phi) is 3.71. The summed E-state index contributed by atoms with van der Waals surface area (Å²) in [5, 5.41) is 9.41. The van der Waals surface area contributed by atoms with E-state index >= 15 is 0 Å². The number of aromatic amines is 1. The van der Waals surface area contributed by atoms with E-state index in [1.165, 1.54) is 6.07 Å². The Bertz CT molecular complexity index is 632. The van der Waals surface area contributed by atoms with Gasteiger partial charge in [0.05, 0.1) is 15.7 Å².